The van der Waals surface area contributed by atoms with E-state index in [0.717, 1.165) is 10.9 Å². The number of benzene rings is 8. The first-order valence-electron chi connectivity index (χ1n) is 30.0. The van der Waals surface area contributed by atoms with Crippen LogP contribution in [0.5, 0.6) is 0 Å². The summed E-state index contributed by atoms with van der Waals surface area (Å²) in [6, 6.07) is -11.5. The van der Waals surface area contributed by atoms with E-state index in [4.69, 9.17) is 21.9 Å². The lowest BCUT2D eigenvalue weighted by molar-refractivity contribution is 1.21. The van der Waals surface area contributed by atoms with E-state index in [1.165, 1.54) is 22.8 Å². The van der Waals surface area contributed by atoms with Crippen molar-refractivity contribution in [3.05, 3.63) is 217 Å². The zero-order valence-corrected chi connectivity index (χ0v) is 30.1. The minimum absolute atomic E-state index is 0.0631. The van der Waals surface area contributed by atoms with Gasteiger partial charge in [0.05, 0.1) is 57.7 Å². The Balaban J connectivity index is 1.41. The molecule has 57 heavy (non-hydrogen) atoms. The SMILES string of the molecule is [2H]c1cc([Si](c2c([2H])c([2H])c([2H])c([2H])c2[2H])(c2c([2H])c([2H])c([2H])c([2H])c2[2H])c2c([2H])c([2H])c([2H])c(C(=N)N=C(N=Cn3c4ccccc4c4c([2H])c([2H])c([2H])c([2H])c43)n3c4ccccc4c4c([2H])c([2H])c([2H])c([2H])c43)c2[2H])c([2H])c([2H])c1[2H]. The number of fused-ring (bicyclic) bond motifs is 6. The van der Waals surface area contributed by atoms with Crippen LogP contribution in [0.4, 0.5) is 0 Å². The van der Waals surface area contributed by atoms with Crippen molar-refractivity contribution in [2.24, 2.45) is 9.98 Å². The Morgan fingerprint density at radius 2 is 1.04 bits per heavy atom. The highest BCUT2D eigenvalue weighted by atomic mass is 28.3. The van der Waals surface area contributed by atoms with E-state index in [2.05, 4.69) is 9.98 Å². The molecular weight excluding hydrogens is 711 g/mol. The smallest absolute Gasteiger partial charge is 0.238 e. The van der Waals surface area contributed by atoms with Crippen LogP contribution in [0.1, 0.15) is 41.2 Å². The van der Waals surface area contributed by atoms with Gasteiger partial charge in [-0.25, -0.2) is 4.99 Å². The summed E-state index contributed by atoms with van der Waals surface area (Å²) < 4.78 is 238. The minimum Gasteiger partial charge on any atom is -0.300 e. The van der Waals surface area contributed by atoms with E-state index < -0.39 is 203 Å². The predicted molar refractivity (Wildman–Crippen MR) is 242 cm³/mol. The van der Waals surface area contributed by atoms with E-state index in [9.17, 15) is 19.1 Å². The van der Waals surface area contributed by atoms with Crippen LogP contribution in [0.2, 0.25) is 0 Å². The molecule has 0 aliphatic carbocycles. The second kappa shape index (κ2) is 14.3. The Bertz CT molecular complexity index is 4560. The van der Waals surface area contributed by atoms with E-state index in [0.29, 0.717) is 11.5 Å². The summed E-state index contributed by atoms with van der Waals surface area (Å²) in [5.41, 5.74) is -1.13. The standard InChI is InChI=1S/C51H37N5Si/c52-50(37-19-18-26-41(35-37)57(38-20-4-1-5-21-38,39-22-6-2-7-23-39)40-24-8-3-9-25-40)54-51(56-48-33-16-12-29-44(48)45-30-13-17-34-49(45)56)53-36-55-46-31-14-10-27-42(46)43-28-11-15-32-47(43)55/h1-36,52H/i1D,2D,3D,4D,5D,6D,7D,8D,9D,10D,12D,14D,16D,18D,19D,20D,21D,22D,23D,24D,26D,27D,29D,31D,33D,35D. The van der Waals surface area contributed by atoms with E-state index in [1.807, 2.05) is 0 Å². The molecular formula is C51H37N5Si. The summed E-state index contributed by atoms with van der Waals surface area (Å²) >= 11 is 0. The normalized spacial score (nSPS) is 18.7. The Kier molecular flexibility index (Phi) is 4.12. The fraction of sp³-hybridized carbons (Fsp3) is 0. The molecule has 0 fully saturated rings. The first-order valence-corrected chi connectivity index (χ1v) is 19.0. The number of aromatic nitrogens is 2. The van der Waals surface area contributed by atoms with Crippen molar-refractivity contribution in [2.45, 2.75) is 0 Å². The summed E-state index contributed by atoms with van der Waals surface area (Å²) in [7, 11) is -6.13. The van der Waals surface area contributed by atoms with Crippen LogP contribution >= 0.6 is 0 Å². The lowest BCUT2D eigenvalue weighted by Crippen LogP contribution is -2.74. The minimum atomic E-state index is -6.13. The van der Waals surface area contributed by atoms with Crippen molar-refractivity contribution in [3.63, 3.8) is 0 Å². The van der Waals surface area contributed by atoms with Crippen LogP contribution in [0, 0.1) is 5.41 Å². The van der Waals surface area contributed by atoms with Gasteiger partial charge in [0.25, 0.3) is 0 Å². The highest BCUT2D eigenvalue weighted by Gasteiger charge is 2.41. The number of nitrogens with one attached hydrogen (secondary N) is 1. The Labute approximate surface area is 368 Å². The van der Waals surface area contributed by atoms with Crippen LogP contribution in [-0.4, -0.2) is 35.3 Å². The third-order valence-corrected chi connectivity index (χ3v) is 13.4. The van der Waals surface area contributed by atoms with Crippen molar-refractivity contribution >= 4 is 90.6 Å². The van der Waals surface area contributed by atoms with Gasteiger partial charge in [0, 0.05) is 27.1 Å². The van der Waals surface area contributed by atoms with Crippen LogP contribution in [-0.2, 0) is 0 Å². The molecule has 10 aromatic rings. The first kappa shape index (κ1) is 16.4. The average Bonchev–Trinajstić information content (AvgIpc) is 2.09. The summed E-state index contributed by atoms with van der Waals surface area (Å²) in [5, 5.41) is 6.47. The highest BCUT2D eigenvalue weighted by molar-refractivity contribution is 7.19. The first-order chi connectivity index (χ1) is 39.0. The summed E-state index contributed by atoms with van der Waals surface area (Å²) in [4.78, 5) is 9.20. The average molecular weight is 774 g/mol. The van der Waals surface area contributed by atoms with Gasteiger partial charge < -0.3 is 0 Å². The number of aliphatic imine (C=N–C) groups is 2. The topological polar surface area (TPSA) is 58.4 Å². The number of rotatable bonds is 6. The molecule has 270 valence electrons. The van der Waals surface area contributed by atoms with Crippen LogP contribution in [0.15, 0.2) is 222 Å². The van der Waals surface area contributed by atoms with Crippen LogP contribution < -0.4 is 20.7 Å². The molecule has 0 unspecified atom stereocenters. The molecule has 0 atom stereocenters. The van der Waals surface area contributed by atoms with Gasteiger partial charge in [0.15, 0.2) is 13.9 Å². The van der Waals surface area contributed by atoms with Gasteiger partial charge in [0.1, 0.15) is 6.34 Å². The molecule has 0 aliphatic rings. The molecule has 6 heteroatoms. The van der Waals surface area contributed by atoms with Gasteiger partial charge in [-0.2, -0.15) is 4.99 Å². The van der Waals surface area contributed by atoms with Crippen LogP contribution in [0.3, 0.4) is 0 Å². The Morgan fingerprint density at radius 1 is 0.491 bits per heavy atom. The molecule has 0 spiro atoms. The Morgan fingerprint density at radius 3 is 1.75 bits per heavy atom. The molecule has 5 nitrogen and oxygen atoms in total. The third-order valence-electron chi connectivity index (χ3n) is 9.29. The van der Waals surface area contributed by atoms with Crippen molar-refractivity contribution in [1.29, 1.82) is 5.41 Å². The summed E-state index contributed by atoms with van der Waals surface area (Å²) in [6.45, 7) is 0. The number of nitrogens with zero attached hydrogens (tertiary/aromatic N) is 4. The van der Waals surface area contributed by atoms with Crippen molar-refractivity contribution in [3.8, 4) is 0 Å². The molecule has 0 aliphatic heterocycles. The van der Waals surface area contributed by atoms with Gasteiger partial charge in [-0.05, 0) is 45.0 Å². The second-order valence-electron chi connectivity index (χ2n) is 12.3. The summed E-state index contributed by atoms with van der Waals surface area (Å²) in [5.74, 6) is -1.96. The molecule has 10 rings (SSSR count). The van der Waals surface area contributed by atoms with Crippen molar-refractivity contribution in [1.82, 2.24) is 9.13 Å². The Hall–Kier alpha value is -7.41. The van der Waals surface area contributed by atoms with Crippen LogP contribution in [0.25, 0.3) is 43.6 Å². The second-order valence-corrected chi connectivity index (χ2v) is 15.8. The molecule has 0 saturated carbocycles. The molecule has 1 N–H and O–H groups in total. The number of para-hydroxylation sites is 4. The maximum Gasteiger partial charge on any atom is 0.238 e. The molecule has 0 saturated heterocycles. The zero-order valence-electron chi connectivity index (χ0n) is 55.1. The largest absolute Gasteiger partial charge is 0.300 e. The fourth-order valence-electron chi connectivity index (χ4n) is 6.88. The zero-order chi connectivity index (χ0) is 60.8. The van der Waals surface area contributed by atoms with E-state index in [1.54, 1.807) is 30.3 Å². The van der Waals surface area contributed by atoms with Gasteiger partial charge in [0.2, 0.25) is 5.96 Å². The number of hydrogen-bond donors (Lipinski definition) is 1. The lowest BCUT2D eigenvalue weighted by atomic mass is 10.2. The third kappa shape index (κ3) is 5.74. The maximum absolute atomic E-state index is 10.2. The van der Waals surface area contributed by atoms with Gasteiger partial charge in [-0.15, -0.1) is 0 Å². The molecule has 0 radical (unpaired) electrons. The molecule has 0 amide bonds. The van der Waals surface area contributed by atoms with E-state index >= 15 is 0 Å². The summed E-state index contributed by atoms with van der Waals surface area (Å²) in [6.07, 6.45) is 1.04. The van der Waals surface area contributed by atoms with Crippen molar-refractivity contribution in [2.75, 3.05) is 0 Å². The van der Waals surface area contributed by atoms with Gasteiger partial charge >= 0.3 is 0 Å². The number of amidine groups is 1. The predicted octanol–water partition coefficient (Wildman–Crippen LogP) is 9.09. The molecule has 2 aromatic heterocycles. The van der Waals surface area contributed by atoms with Gasteiger partial charge in [-0.1, -0.05) is 187 Å². The highest BCUT2D eigenvalue weighted by Crippen LogP contribution is 2.30. The van der Waals surface area contributed by atoms with Crippen molar-refractivity contribution < 1.29 is 35.6 Å². The molecule has 2 heterocycles. The lowest BCUT2D eigenvalue weighted by Gasteiger charge is -2.34. The monoisotopic (exact) mass is 773 g/mol. The van der Waals surface area contributed by atoms with E-state index in [-0.39, 0.29) is 38.2 Å². The maximum atomic E-state index is 10.2. The molecule has 0 bridgehead atoms. The van der Waals surface area contributed by atoms with Gasteiger partial charge in [-0.3, -0.25) is 14.5 Å². The quantitative estimate of drug-likeness (QED) is 0.0759. The molecule has 8 aromatic carbocycles. The number of hydrogen-bond acceptors (Lipinski definition) is 1. The fourth-order valence-corrected chi connectivity index (χ4v) is 10.5.